The highest BCUT2D eigenvalue weighted by atomic mass is 16.6. The SMILES string of the molecule is CC1(C)CC(OC(=O)/C=C/c2ccc([N+](=O)[O-])cc2)CC(C)(C)N1[O]. The van der Waals surface area contributed by atoms with E-state index in [0.717, 1.165) is 5.06 Å². The van der Waals surface area contributed by atoms with E-state index in [1.807, 2.05) is 27.7 Å². The van der Waals surface area contributed by atoms with Gasteiger partial charge >= 0.3 is 5.97 Å². The van der Waals surface area contributed by atoms with Crippen LogP contribution >= 0.6 is 0 Å². The molecule has 1 aromatic rings. The number of nitro benzene ring substituents is 1. The van der Waals surface area contributed by atoms with Crippen molar-refractivity contribution < 1.29 is 19.7 Å². The molecule has 7 nitrogen and oxygen atoms in total. The smallest absolute Gasteiger partial charge is 0.331 e. The Bertz CT molecular complexity index is 661. The van der Waals surface area contributed by atoms with Gasteiger partial charge in [-0.05, 0) is 51.5 Å². The van der Waals surface area contributed by atoms with Gasteiger partial charge in [0.15, 0.2) is 0 Å². The molecule has 0 aromatic heterocycles. The third-order valence-corrected chi connectivity index (χ3v) is 4.35. The quantitative estimate of drug-likeness (QED) is 0.359. The second-order valence-corrected chi connectivity index (χ2v) is 7.57. The van der Waals surface area contributed by atoms with Crippen LogP contribution in [0.25, 0.3) is 6.08 Å². The highest BCUT2D eigenvalue weighted by molar-refractivity contribution is 5.87. The normalized spacial score (nSPS) is 20.5. The molecule has 1 aromatic carbocycles. The number of piperidine rings is 1. The molecule has 1 fully saturated rings. The highest BCUT2D eigenvalue weighted by Gasteiger charge is 2.47. The molecule has 1 saturated heterocycles. The van der Waals surface area contributed by atoms with Crippen LogP contribution in [-0.4, -0.2) is 33.1 Å². The van der Waals surface area contributed by atoms with Crippen molar-refractivity contribution in [3.05, 3.63) is 46.0 Å². The molecule has 1 aliphatic heterocycles. The predicted molar refractivity (Wildman–Crippen MR) is 91.9 cm³/mol. The zero-order valence-electron chi connectivity index (χ0n) is 14.9. The van der Waals surface area contributed by atoms with Gasteiger partial charge in [0, 0.05) is 42.1 Å². The van der Waals surface area contributed by atoms with Gasteiger partial charge in [0.1, 0.15) is 6.10 Å². The van der Waals surface area contributed by atoms with Crippen LogP contribution in [0.4, 0.5) is 5.69 Å². The summed E-state index contributed by atoms with van der Waals surface area (Å²) in [5.74, 6) is -0.491. The Morgan fingerprint density at radius 1 is 1.20 bits per heavy atom. The van der Waals surface area contributed by atoms with Crippen LogP contribution < -0.4 is 0 Å². The molecule has 0 bridgehead atoms. The first-order valence-electron chi connectivity index (χ1n) is 8.12. The first-order chi connectivity index (χ1) is 11.5. The van der Waals surface area contributed by atoms with E-state index in [0.29, 0.717) is 18.4 Å². The number of nitro groups is 1. The van der Waals surface area contributed by atoms with Gasteiger partial charge in [0.25, 0.3) is 5.69 Å². The largest absolute Gasteiger partial charge is 0.459 e. The Labute approximate surface area is 147 Å². The molecule has 2 rings (SSSR count). The fraction of sp³-hybridized carbons (Fsp3) is 0.500. The van der Waals surface area contributed by atoms with Crippen LogP contribution in [0, 0.1) is 10.1 Å². The molecule has 0 atom stereocenters. The predicted octanol–water partition coefficient (Wildman–Crippen LogP) is 3.52. The van der Waals surface area contributed by atoms with Gasteiger partial charge in [0.2, 0.25) is 0 Å². The lowest BCUT2D eigenvalue weighted by Gasteiger charge is -2.49. The summed E-state index contributed by atoms with van der Waals surface area (Å²) in [7, 11) is 0. The minimum atomic E-state index is -0.602. The number of rotatable bonds is 4. The molecular formula is C18H23N2O5. The second-order valence-electron chi connectivity index (χ2n) is 7.57. The summed E-state index contributed by atoms with van der Waals surface area (Å²) >= 11 is 0. The first-order valence-corrected chi connectivity index (χ1v) is 8.12. The van der Waals surface area contributed by atoms with Crippen molar-refractivity contribution in [2.45, 2.75) is 57.7 Å². The summed E-state index contributed by atoms with van der Waals surface area (Å²) in [6.07, 6.45) is 3.45. The maximum Gasteiger partial charge on any atom is 0.331 e. The standard InChI is InChI=1S/C18H23N2O5/c1-17(2)11-15(12-18(3,4)20(17)24)25-16(21)10-7-13-5-8-14(9-6-13)19(22)23/h5-10,15H,11-12H2,1-4H3/b10-7+. The minimum Gasteiger partial charge on any atom is -0.459 e. The van der Waals surface area contributed by atoms with Crippen molar-refractivity contribution in [2.75, 3.05) is 0 Å². The maximum atomic E-state index is 12.3. The van der Waals surface area contributed by atoms with E-state index in [4.69, 9.17) is 4.74 Å². The summed E-state index contributed by atoms with van der Waals surface area (Å²) in [4.78, 5) is 22.2. The lowest BCUT2D eigenvalue weighted by atomic mass is 9.80. The molecule has 135 valence electrons. The molecule has 0 spiro atoms. The van der Waals surface area contributed by atoms with Gasteiger partial charge in [-0.1, -0.05) is 0 Å². The molecule has 0 amide bonds. The van der Waals surface area contributed by atoms with Crippen molar-refractivity contribution in [1.82, 2.24) is 5.06 Å². The van der Waals surface area contributed by atoms with Gasteiger partial charge in [-0.2, -0.15) is 0 Å². The molecule has 25 heavy (non-hydrogen) atoms. The van der Waals surface area contributed by atoms with E-state index < -0.39 is 22.0 Å². The van der Waals surface area contributed by atoms with Crippen LogP contribution in [0.1, 0.15) is 46.1 Å². The average Bonchev–Trinajstić information content (AvgIpc) is 2.50. The lowest BCUT2D eigenvalue weighted by Crippen LogP contribution is -2.60. The number of hydroxylamine groups is 2. The van der Waals surface area contributed by atoms with Crippen molar-refractivity contribution in [2.24, 2.45) is 0 Å². The molecule has 0 aliphatic carbocycles. The van der Waals surface area contributed by atoms with Crippen molar-refractivity contribution in [3.8, 4) is 0 Å². The number of carbonyl (C=O) groups is 1. The van der Waals surface area contributed by atoms with Crippen LogP contribution in [0.15, 0.2) is 30.3 Å². The van der Waals surface area contributed by atoms with E-state index in [9.17, 15) is 20.1 Å². The third-order valence-electron chi connectivity index (χ3n) is 4.35. The van der Waals surface area contributed by atoms with Crippen LogP contribution in [0.2, 0.25) is 0 Å². The minimum absolute atomic E-state index is 0.00596. The number of carbonyl (C=O) groups excluding carboxylic acids is 1. The zero-order chi connectivity index (χ0) is 18.8. The lowest BCUT2D eigenvalue weighted by molar-refractivity contribution is -0.384. The summed E-state index contributed by atoms with van der Waals surface area (Å²) in [5, 5.41) is 24.0. The average molecular weight is 347 g/mol. The highest BCUT2D eigenvalue weighted by Crippen LogP contribution is 2.38. The number of hydrogen-bond acceptors (Lipinski definition) is 5. The Hall–Kier alpha value is -2.25. The Morgan fingerprint density at radius 2 is 1.72 bits per heavy atom. The van der Waals surface area contributed by atoms with Gasteiger partial charge in [-0.15, -0.1) is 10.3 Å². The molecule has 0 N–H and O–H groups in total. The topological polar surface area (TPSA) is 92.6 Å². The van der Waals surface area contributed by atoms with Crippen molar-refractivity contribution >= 4 is 17.7 Å². The van der Waals surface area contributed by atoms with E-state index >= 15 is 0 Å². The monoisotopic (exact) mass is 347 g/mol. The summed E-state index contributed by atoms with van der Waals surface area (Å²) < 4.78 is 5.50. The van der Waals surface area contributed by atoms with Crippen LogP contribution in [0.5, 0.6) is 0 Å². The van der Waals surface area contributed by atoms with E-state index in [1.54, 1.807) is 18.2 Å². The molecule has 0 saturated carbocycles. The Kier molecular flexibility index (Phi) is 5.29. The third kappa shape index (κ3) is 4.64. The van der Waals surface area contributed by atoms with E-state index in [1.165, 1.54) is 18.2 Å². The van der Waals surface area contributed by atoms with Gasteiger partial charge in [-0.3, -0.25) is 10.1 Å². The van der Waals surface area contributed by atoms with Crippen molar-refractivity contribution in [1.29, 1.82) is 0 Å². The molecular weight excluding hydrogens is 324 g/mol. The number of non-ortho nitro benzene ring substituents is 1. The summed E-state index contributed by atoms with van der Waals surface area (Å²) in [5.41, 5.74) is -0.546. The maximum absolute atomic E-state index is 12.3. The molecule has 1 aliphatic rings. The van der Waals surface area contributed by atoms with Gasteiger partial charge in [0.05, 0.1) is 4.92 Å². The fourth-order valence-corrected chi connectivity index (χ4v) is 3.33. The Morgan fingerprint density at radius 3 is 2.20 bits per heavy atom. The van der Waals surface area contributed by atoms with E-state index in [-0.39, 0.29) is 11.8 Å². The zero-order valence-corrected chi connectivity index (χ0v) is 14.9. The van der Waals surface area contributed by atoms with Crippen LogP contribution in [-0.2, 0) is 14.7 Å². The summed E-state index contributed by atoms with van der Waals surface area (Å²) in [6.45, 7) is 7.37. The number of benzene rings is 1. The second kappa shape index (κ2) is 6.93. The van der Waals surface area contributed by atoms with E-state index in [2.05, 4.69) is 0 Å². The van der Waals surface area contributed by atoms with Gasteiger partial charge < -0.3 is 4.74 Å². The number of ether oxygens (including phenoxy) is 1. The van der Waals surface area contributed by atoms with Crippen LogP contribution in [0.3, 0.4) is 0 Å². The molecule has 0 unspecified atom stereocenters. The summed E-state index contributed by atoms with van der Waals surface area (Å²) in [6, 6.07) is 5.87. The molecule has 1 radical (unpaired) electrons. The number of nitrogens with zero attached hydrogens (tertiary/aromatic N) is 2. The first kappa shape index (κ1) is 19.1. The van der Waals surface area contributed by atoms with Gasteiger partial charge in [-0.25, -0.2) is 4.79 Å². The molecule has 1 heterocycles. The number of esters is 1. The molecule has 7 heteroatoms. The Balaban J connectivity index is 1.99. The number of hydrogen-bond donors (Lipinski definition) is 0. The van der Waals surface area contributed by atoms with Crippen molar-refractivity contribution in [3.63, 3.8) is 0 Å². The fourth-order valence-electron chi connectivity index (χ4n) is 3.33.